The summed E-state index contributed by atoms with van der Waals surface area (Å²) in [6, 6.07) is 7.93. The minimum Gasteiger partial charge on any atom is -0.475 e. The molecule has 20 heavy (non-hydrogen) atoms. The van der Waals surface area contributed by atoms with Crippen molar-refractivity contribution in [3.05, 3.63) is 41.7 Å². The first-order valence-corrected chi connectivity index (χ1v) is 6.73. The lowest BCUT2D eigenvalue weighted by Gasteiger charge is -2.17. The summed E-state index contributed by atoms with van der Waals surface area (Å²) < 4.78 is 5.61. The highest BCUT2D eigenvalue weighted by atomic mass is 16.5. The van der Waals surface area contributed by atoms with Crippen LogP contribution in [0.5, 0.6) is 5.88 Å². The topological polar surface area (TPSA) is 64.3 Å². The van der Waals surface area contributed by atoms with Crippen LogP contribution in [0.25, 0.3) is 0 Å². The van der Waals surface area contributed by atoms with Crippen molar-refractivity contribution in [3.63, 3.8) is 0 Å². The highest BCUT2D eigenvalue weighted by Gasteiger charge is 2.20. The monoisotopic (exact) mass is 270 g/mol. The highest BCUT2D eigenvalue weighted by Crippen LogP contribution is 2.29. The van der Waals surface area contributed by atoms with Crippen LogP contribution in [0, 0.1) is 0 Å². The van der Waals surface area contributed by atoms with Crippen LogP contribution in [0.2, 0.25) is 0 Å². The Bertz CT molecular complexity index is 627. The quantitative estimate of drug-likeness (QED) is 0.867. The molecule has 0 spiro atoms. The van der Waals surface area contributed by atoms with E-state index in [-0.39, 0.29) is 6.10 Å². The van der Waals surface area contributed by atoms with E-state index in [9.17, 15) is 0 Å². The van der Waals surface area contributed by atoms with Gasteiger partial charge in [-0.05, 0) is 37.1 Å². The molecule has 0 saturated heterocycles. The van der Waals surface area contributed by atoms with Gasteiger partial charge >= 0.3 is 0 Å². The van der Waals surface area contributed by atoms with Crippen LogP contribution in [0.15, 0.2) is 30.6 Å². The van der Waals surface area contributed by atoms with Crippen molar-refractivity contribution in [2.24, 2.45) is 0 Å². The van der Waals surface area contributed by atoms with E-state index in [0.717, 1.165) is 24.6 Å². The lowest BCUT2D eigenvalue weighted by atomic mass is 10.1. The zero-order chi connectivity index (χ0) is 14.1. The Labute approximate surface area is 118 Å². The molecule has 2 aromatic rings. The Morgan fingerprint density at radius 3 is 2.75 bits per heavy atom. The number of anilines is 2. The van der Waals surface area contributed by atoms with Gasteiger partial charge in [-0.1, -0.05) is 6.07 Å². The van der Waals surface area contributed by atoms with Gasteiger partial charge in [0.15, 0.2) is 0 Å². The van der Waals surface area contributed by atoms with Gasteiger partial charge in [-0.15, -0.1) is 0 Å². The van der Waals surface area contributed by atoms with E-state index in [2.05, 4.69) is 20.9 Å². The van der Waals surface area contributed by atoms with Crippen LogP contribution in [0.1, 0.15) is 25.0 Å². The standard InChI is InChI=1S/C15H18N4O/c1-10(2)20-15-6-14(17-9-18-15)19-7-11-3-4-13(16)5-12(11)8-19/h3-6,9-10H,7-8,16H2,1-2H3. The Morgan fingerprint density at radius 1 is 1.15 bits per heavy atom. The maximum absolute atomic E-state index is 5.83. The maximum atomic E-state index is 5.83. The molecule has 2 heterocycles. The number of benzene rings is 1. The van der Waals surface area contributed by atoms with Gasteiger partial charge in [0.25, 0.3) is 0 Å². The molecule has 0 bridgehead atoms. The number of ether oxygens (including phenoxy) is 1. The number of aromatic nitrogens is 2. The molecule has 3 rings (SSSR count). The van der Waals surface area contributed by atoms with Crippen molar-refractivity contribution in [1.29, 1.82) is 0 Å². The van der Waals surface area contributed by atoms with Crippen molar-refractivity contribution < 1.29 is 4.74 Å². The van der Waals surface area contributed by atoms with Crippen molar-refractivity contribution in [3.8, 4) is 5.88 Å². The smallest absolute Gasteiger partial charge is 0.218 e. The molecule has 1 aliphatic heterocycles. The van der Waals surface area contributed by atoms with Gasteiger partial charge in [0.2, 0.25) is 5.88 Å². The first-order chi connectivity index (χ1) is 9.61. The summed E-state index contributed by atoms with van der Waals surface area (Å²) in [5, 5.41) is 0. The summed E-state index contributed by atoms with van der Waals surface area (Å²) in [6.45, 7) is 5.62. The second kappa shape index (κ2) is 5.00. The summed E-state index contributed by atoms with van der Waals surface area (Å²) in [7, 11) is 0. The maximum Gasteiger partial charge on any atom is 0.218 e. The Kier molecular flexibility index (Phi) is 3.18. The van der Waals surface area contributed by atoms with E-state index < -0.39 is 0 Å². The molecule has 0 fully saturated rings. The van der Waals surface area contributed by atoms with E-state index in [1.807, 2.05) is 32.0 Å². The molecular weight excluding hydrogens is 252 g/mol. The summed E-state index contributed by atoms with van der Waals surface area (Å²) in [5.41, 5.74) is 9.19. The number of fused-ring (bicyclic) bond motifs is 1. The van der Waals surface area contributed by atoms with Gasteiger partial charge in [0.05, 0.1) is 6.10 Å². The minimum absolute atomic E-state index is 0.105. The molecule has 0 unspecified atom stereocenters. The Balaban J connectivity index is 1.82. The first kappa shape index (κ1) is 12.7. The summed E-state index contributed by atoms with van der Waals surface area (Å²) >= 11 is 0. The van der Waals surface area contributed by atoms with Crippen LogP contribution in [0.3, 0.4) is 0 Å². The molecule has 5 nitrogen and oxygen atoms in total. The van der Waals surface area contributed by atoms with E-state index in [4.69, 9.17) is 10.5 Å². The SMILES string of the molecule is CC(C)Oc1cc(N2Cc3ccc(N)cc3C2)ncn1. The van der Waals surface area contributed by atoms with E-state index in [1.54, 1.807) is 6.33 Å². The normalized spacial score (nSPS) is 13.7. The van der Waals surface area contributed by atoms with Crippen LogP contribution >= 0.6 is 0 Å². The van der Waals surface area contributed by atoms with E-state index >= 15 is 0 Å². The number of nitrogens with zero attached hydrogens (tertiary/aromatic N) is 3. The molecule has 0 aliphatic carbocycles. The molecule has 0 radical (unpaired) electrons. The molecule has 1 aliphatic rings. The summed E-state index contributed by atoms with van der Waals surface area (Å²) in [6.07, 6.45) is 1.65. The zero-order valence-electron chi connectivity index (χ0n) is 11.7. The fraction of sp³-hybridized carbons (Fsp3) is 0.333. The number of hydrogen-bond donors (Lipinski definition) is 1. The number of hydrogen-bond acceptors (Lipinski definition) is 5. The summed E-state index contributed by atoms with van der Waals surface area (Å²) in [4.78, 5) is 10.7. The first-order valence-electron chi connectivity index (χ1n) is 6.73. The van der Waals surface area contributed by atoms with Crippen molar-refractivity contribution in [1.82, 2.24) is 9.97 Å². The third-order valence-electron chi connectivity index (χ3n) is 3.26. The average Bonchev–Trinajstić information content (AvgIpc) is 2.81. The van der Waals surface area contributed by atoms with Gasteiger partial charge in [0, 0.05) is 24.8 Å². The van der Waals surface area contributed by atoms with Crippen molar-refractivity contribution >= 4 is 11.5 Å². The molecule has 0 amide bonds. The van der Waals surface area contributed by atoms with Gasteiger partial charge < -0.3 is 15.4 Å². The molecule has 0 saturated carbocycles. The van der Waals surface area contributed by atoms with Crippen molar-refractivity contribution in [2.45, 2.75) is 33.0 Å². The van der Waals surface area contributed by atoms with Gasteiger partial charge in [0.1, 0.15) is 12.1 Å². The van der Waals surface area contributed by atoms with Crippen LogP contribution in [-0.4, -0.2) is 16.1 Å². The second-order valence-corrected chi connectivity index (χ2v) is 5.27. The average molecular weight is 270 g/mol. The predicted molar refractivity (Wildman–Crippen MR) is 78.5 cm³/mol. The number of nitrogen functional groups attached to an aromatic ring is 1. The fourth-order valence-electron chi connectivity index (χ4n) is 2.39. The molecule has 1 aromatic heterocycles. The molecule has 104 valence electrons. The predicted octanol–water partition coefficient (Wildman–Crippen LogP) is 2.37. The second-order valence-electron chi connectivity index (χ2n) is 5.27. The van der Waals surface area contributed by atoms with Gasteiger partial charge in [-0.25, -0.2) is 9.97 Å². The Morgan fingerprint density at radius 2 is 1.95 bits per heavy atom. The van der Waals surface area contributed by atoms with Crippen LogP contribution in [0.4, 0.5) is 11.5 Å². The largest absolute Gasteiger partial charge is 0.475 e. The molecule has 2 N–H and O–H groups in total. The molecule has 1 aromatic carbocycles. The lowest BCUT2D eigenvalue weighted by molar-refractivity contribution is 0.232. The lowest BCUT2D eigenvalue weighted by Crippen LogP contribution is -2.16. The molecular formula is C15H18N4O. The third-order valence-corrected chi connectivity index (χ3v) is 3.26. The van der Waals surface area contributed by atoms with Crippen LogP contribution < -0.4 is 15.4 Å². The Hall–Kier alpha value is -2.30. The minimum atomic E-state index is 0.105. The van der Waals surface area contributed by atoms with Gasteiger partial charge in [-0.2, -0.15) is 0 Å². The number of nitrogens with two attached hydrogens (primary N) is 1. The highest BCUT2D eigenvalue weighted by molar-refractivity contribution is 5.53. The fourth-order valence-corrected chi connectivity index (χ4v) is 2.39. The van der Waals surface area contributed by atoms with Crippen LogP contribution in [-0.2, 0) is 13.1 Å². The molecule has 5 heteroatoms. The van der Waals surface area contributed by atoms with E-state index in [1.165, 1.54) is 11.1 Å². The zero-order valence-corrected chi connectivity index (χ0v) is 11.7. The van der Waals surface area contributed by atoms with Crippen molar-refractivity contribution in [2.75, 3.05) is 10.6 Å². The van der Waals surface area contributed by atoms with E-state index in [0.29, 0.717) is 5.88 Å². The van der Waals surface area contributed by atoms with Gasteiger partial charge in [-0.3, -0.25) is 0 Å². The third kappa shape index (κ3) is 2.52. The number of rotatable bonds is 3. The molecule has 0 atom stereocenters. The summed E-state index contributed by atoms with van der Waals surface area (Å²) in [5.74, 6) is 1.49.